The van der Waals surface area contributed by atoms with Gasteiger partial charge in [0.25, 0.3) is 5.91 Å². The highest BCUT2D eigenvalue weighted by Gasteiger charge is 2.19. The van der Waals surface area contributed by atoms with Crippen LogP contribution in [0.15, 0.2) is 3.79 Å². The molecule has 3 nitrogen and oxygen atoms in total. The molecule has 0 atom stereocenters. The molecule has 1 rings (SSSR count). The van der Waals surface area contributed by atoms with E-state index in [0.29, 0.717) is 5.56 Å². The first-order valence-corrected chi connectivity index (χ1v) is 5.51. The smallest absolute Gasteiger partial charge is 0.254 e. The van der Waals surface area contributed by atoms with Crippen LogP contribution in [0.25, 0.3) is 0 Å². The molecule has 0 unspecified atom stereocenters. The van der Waals surface area contributed by atoms with Crippen molar-refractivity contribution in [1.29, 1.82) is 0 Å². The van der Waals surface area contributed by atoms with Gasteiger partial charge in [0.05, 0.1) is 11.3 Å². The van der Waals surface area contributed by atoms with Gasteiger partial charge < -0.3 is 5.32 Å². The summed E-state index contributed by atoms with van der Waals surface area (Å²) in [5.41, 5.74) is 1.53. The van der Waals surface area contributed by atoms with Gasteiger partial charge in [0, 0.05) is 7.05 Å². The molecule has 72 valence electrons. The molecule has 1 aromatic heterocycles. The lowest BCUT2D eigenvalue weighted by molar-refractivity contribution is 0.0961. The van der Waals surface area contributed by atoms with Crippen molar-refractivity contribution in [1.82, 2.24) is 9.69 Å². The second-order valence-corrected chi connectivity index (χ2v) is 5.04. The molecule has 1 aromatic rings. The number of hydrogen-bond donors (Lipinski definition) is 1. The maximum atomic E-state index is 11.4. The predicted molar refractivity (Wildman–Crippen MR) is 57.3 cm³/mol. The Morgan fingerprint density at radius 2 is 2.23 bits per heavy atom. The van der Waals surface area contributed by atoms with Crippen molar-refractivity contribution in [2.75, 3.05) is 7.05 Å². The molecular formula is C8H11BrN2OS. The van der Waals surface area contributed by atoms with Crippen LogP contribution in [0, 0.1) is 0 Å². The summed E-state index contributed by atoms with van der Waals surface area (Å²) in [5.74, 6) is 0.194. The largest absolute Gasteiger partial charge is 0.355 e. The van der Waals surface area contributed by atoms with Gasteiger partial charge in [0.15, 0.2) is 0 Å². The molecule has 0 aliphatic carbocycles. The average Bonchev–Trinajstić information content (AvgIpc) is 2.46. The Kier molecular flexibility index (Phi) is 3.44. The van der Waals surface area contributed by atoms with Crippen molar-refractivity contribution in [3.05, 3.63) is 15.0 Å². The van der Waals surface area contributed by atoms with Crippen LogP contribution >= 0.6 is 27.5 Å². The Balaban J connectivity index is 3.16. The van der Waals surface area contributed by atoms with Crippen molar-refractivity contribution in [2.45, 2.75) is 19.8 Å². The number of nitrogens with zero attached hydrogens (tertiary/aromatic N) is 1. The molecule has 5 heteroatoms. The van der Waals surface area contributed by atoms with E-state index in [0.717, 1.165) is 9.48 Å². The number of amides is 1. The van der Waals surface area contributed by atoms with Crippen molar-refractivity contribution in [3.63, 3.8) is 0 Å². The highest BCUT2D eigenvalue weighted by Crippen LogP contribution is 2.29. The maximum absolute atomic E-state index is 11.4. The van der Waals surface area contributed by atoms with Crippen molar-refractivity contribution < 1.29 is 4.79 Å². The summed E-state index contributed by atoms with van der Waals surface area (Å²) < 4.78 is 5.02. The topological polar surface area (TPSA) is 42.0 Å². The Labute approximate surface area is 89.8 Å². The maximum Gasteiger partial charge on any atom is 0.254 e. The lowest BCUT2D eigenvalue weighted by atomic mass is 10.1. The van der Waals surface area contributed by atoms with Gasteiger partial charge in [-0.15, -0.1) is 0 Å². The third-order valence-corrected chi connectivity index (χ3v) is 3.16. The van der Waals surface area contributed by atoms with Gasteiger partial charge in [-0.3, -0.25) is 4.79 Å². The van der Waals surface area contributed by atoms with E-state index in [1.807, 2.05) is 13.8 Å². The molecule has 1 amide bonds. The minimum atomic E-state index is -0.0793. The summed E-state index contributed by atoms with van der Waals surface area (Å²) >= 11 is 4.63. The Morgan fingerprint density at radius 3 is 2.69 bits per heavy atom. The monoisotopic (exact) mass is 262 g/mol. The lowest BCUT2D eigenvalue weighted by Gasteiger charge is -2.04. The molecule has 0 bridgehead atoms. The third-order valence-electron chi connectivity index (χ3n) is 1.68. The van der Waals surface area contributed by atoms with E-state index in [-0.39, 0.29) is 11.8 Å². The molecule has 13 heavy (non-hydrogen) atoms. The van der Waals surface area contributed by atoms with Crippen molar-refractivity contribution in [2.24, 2.45) is 0 Å². The summed E-state index contributed by atoms with van der Waals surface area (Å²) in [6.07, 6.45) is 0. The first-order chi connectivity index (χ1) is 6.07. The van der Waals surface area contributed by atoms with Crippen molar-refractivity contribution in [3.8, 4) is 0 Å². The fourth-order valence-corrected chi connectivity index (χ4v) is 2.38. The number of aromatic nitrogens is 1. The van der Waals surface area contributed by atoms with Crippen LogP contribution in [0.5, 0.6) is 0 Å². The quantitative estimate of drug-likeness (QED) is 0.890. The third kappa shape index (κ3) is 2.08. The Hall–Kier alpha value is -0.420. The molecule has 0 spiro atoms. The molecule has 0 aliphatic heterocycles. The summed E-state index contributed by atoms with van der Waals surface area (Å²) in [6.45, 7) is 4.04. The summed E-state index contributed by atoms with van der Waals surface area (Å²) in [4.78, 5) is 11.4. The zero-order valence-corrected chi connectivity index (χ0v) is 10.1. The highest BCUT2D eigenvalue weighted by atomic mass is 79.9. The van der Waals surface area contributed by atoms with E-state index >= 15 is 0 Å². The number of nitrogens with one attached hydrogen (secondary N) is 1. The fourth-order valence-electron chi connectivity index (χ4n) is 1.01. The van der Waals surface area contributed by atoms with Crippen LogP contribution in [0.2, 0.25) is 0 Å². The van der Waals surface area contributed by atoms with E-state index in [2.05, 4.69) is 25.6 Å². The number of hydrogen-bond acceptors (Lipinski definition) is 3. The van der Waals surface area contributed by atoms with Gasteiger partial charge in [-0.2, -0.15) is 4.37 Å². The zero-order valence-electron chi connectivity index (χ0n) is 7.72. The van der Waals surface area contributed by atoms with Crippen LogP contribution in [0.4, 0.5) is 0 Å². The van der Waals surface area contributed by atoms with Gasteiger partial charge in [-0.05, 0) is 33.4 Å². The number of halogens is 1. The molecule has 0 aliphatic rings. The summed E-state index contributed by atoms with van der Waals surface area (Å²) in [7, 11) is 1.62. The van der Waals surface area contributed by atoms with Crippen LogP contribution in [0.1, 0.15) is 35.8 Å². The Morgan fingerprint density at radius 1 is 1.62 bits per heavy atom. The van der Waals surface area contributed by atoms with Crippen LogP contribution in [-0.4, -0.2) is 17.3 Å². The summed E-state index contributed by atoms with van der Waals surface area (Å²) in [6, 6.07) is 0. The predicted octanol–water partition coefficient (Wildman–Crippen LogP) is 2.39. The molecule has 0 saturated heterocycles. The SMILES string of the molecule is CNC(=O)c1c(C(C)C)nsc1Br. The molecule has 0 aromatic carbocycles. The van der Waals surface area contributed by atoms with Gasteiger partial charge >= 0.3 is 0 Å². The fraction of sp³-hybridized carbons (Fsp3) is 0.500. The van der Waals surface area contributed by atoms with E-state index in [1.54, 1.807) is 7.05 Å². The van der Waals surface area contributed by atoms with Crippen LogP contribution < -0.4 is 5.32 Å². The lowest BCUT2D eigenvalue weighted by Crippen LogP contribution is -2.19. The molecule has 0 fully saturated rings. The van der Waals surface area contributed by atoms with E-state index in [9.17, 15) is 4.79 Å². The standard InChI is InChI=1S/C8H11BrN2OS/c1-4(2)6-5(8(12)10-3)7(9)13-11-6/h4H,1-3H3,(H,10,12). The second kappa shape index (κ2) is 4.19. The van der Waals surface area contributed by atoms with Gasteiger partial charge in [0.2, 0.25) is 0 Å². The molecular weight excluding hydrogens is 252 g/mol. The first kappa shape index (κ1) is 10.7. The highest BCUT2D eigenvalue weighted by molar-refractivity contribution is 9.11. The second-order valence-electron chi connectivity index (χ2n) is 2.95. The zero-order chi connectivity index (χ0) is 10.0. The number of carbonyl (C=O) groups excluding carboxylic acids is 1. The Bertz CT molecular complexity index is 322. The molecule has 1 N–H and O–H groups in total. The molecule has 1 heterocycles. The summed E-state index contributed by atoms with van der Waals surface area (Å²) in [5, 5.41) is 2.60. The average molecular weight is 263 g/mol. The van der Waals surface area contributed by atoms with Gasteiger partial charge in [0.1, 0.15) is 3.79 Å². The first-order valence-electron chi connectivity index (χ1n) is 3.95. The van der Waals surface area contributed by atoms with E-state index in [1.165, 1.54) is 11.5 Å². The van der Waals surface area contributed by atoms with Gasteiger partial charge in [-0.25, -0.2) is 0 Å². The minimum Gasteiger partial charge on any atom is -0.355 e. The van der Waals surface area contributed by atoms with Crippen molar-refractivity contribution >= 4 is 33.4 Å². The van der Waals surface area contributed by atoms with Crippen LogP contribution in [0.3, 0.4) is 0 Å². The van der Waals surface area contributed by atoms with Crippen LogP contribution in [-0.2, 0) is 0 Å². The number of carbonyl (C=O) groups is 1. The normalized spacial score (nSPS) is 10.5. The number of rotatable bonds is 2. The molecule has 0 saturated carbocycles. The van der Waals surface area contributed by atoms with Gasteiger partial charge in [-0.1, -0.05) is 13.8 Å². The van der Waals surface area contributed by atoms with E-state index < -0.39 is 0 Å². The van der Waals surface area contributed by atoms with E-state index in [4.69, 9.17) is 0 Å². The minimum absolute atomic E-state index is 0.0793. The molecule has 0 radical (unpaired) electrons.